The predicted molar refractivity (Wildman–Crippen MR) is 119 cm³/mol. The van der Waals surface area contributed by atoms with E-state index in [1.165, 1.54) is 17.3 Å². The zero-order valence-corrected chi connectivity index (χ0v) is 19.2. The topological polar surface area (TPSA) is 86.2 Å². The summed E-state index contributed by atoms with van der Waals surface area (Å²) in [5, 5.41) is 3.41. The molecule has 0 aliphatic carbocycles. The van der Waals surface area contributed by atoms with Gasteiger partial charge in [0.1, 0.15) is 6.54 Å². The molecule has 1 unspecified atom stereocenters. The molecule has 1 aromatic rings. The predicted octanol–water partition coefficient (Wildman–Crippen LogP) is 0.426. The van der Waals surface area contributed by atoms with E-state index in [2.05, 4.69) is 25.2 Å². The molecule has 1 N–H and O–H groups in total. The highest BCUT2D eigenvalue weighted by atomic mass is 127. The maximum atomic E-state index is 13.0. The molecule has 11 heteroatoms. The Morgan fingerprint density at radius 1 is 1.31 bits per heavy atom. The lowest BCUT2D eigenvalue weighted by Gasteiger charge is -2.36. The molecule has 2 aliphatic heterocycles. The van der Waals surface area contributed by atoms with Gasteiger partial charge in [-0.25, -0.2) is 19.4 Å². The van der Waals surface area contributed by atoms with Crippen molar-refractivity contribution in [2.45, 2.75) is 6.42 Å². The molecular formula is C18H29FIN7O2. The van der Waals surface area contributed by atoms with Crippen LogP contribution in [0.25, 0.3) is 0 Å². The minimum Gasteiger partial charge on any atom is -0.381 e. The number of aromatic nitrogens is 2. The molecule has 3 rings (SSSR count). The number of nitrogens with one attached hydrogen (secondary N) is 1. The molecule has 162 valence electrons. The molecule has 3 heterocycles. The van der Waals surface area contributed by atoms with E-state index in [4.69, 9.17) is 4.74 Å². The van der Waals surface area contributed by atoms with Crippen LogP contribution in [-0.4, -0.2) is 98.2 Å². The van der Waals surface area contributed by atoms with Gasteiger partial charge in [0.05, 0.1) is 19.0 Å². The van der Waals surface area contributed by atoms with Crippen LogP contribution in [0.3, 0.4) is 0 Å². The van der Waals surface area contributed by atoms with Crippen molar-refractivity contribution in [2.24, 2.45) is 10.9 Å². The lowest BCUT2D eigenvalue weighted by molar-refractivity contribution is -0.127. The van der Waals surface area contributed by atoms with Gasteiger partial charge < -0.3 is 24.8 Å². The number of carbonyl (C=O) groups excluding carboxylic acids is 1. The first-order valence-corrected chi connectivity index (χ1v) is 9.56. The largest absolute Gasteiger partial charge is 0.381 e. The van der Waals surface area contributed by atoms with Crippen molar-refractivity contribution in [2.75, 3.05) is 71.5 Å². The zero-order chi connectivity index (χ0) is 19.9. The Kier molecular flexibility index (Phi) is 9.27. The van der Waals surface area contributed by atoms with Crippen molar-refractivity contribution in [3.8, 4) is 0 Å². The fourth-order valence-electron chi connectivity index (χ4n) is 3.12. The third kappa shape index (κ3) is 6.91. The second-order valence-electron chi connectivity index (χ2n) is 7.21. The Morgan fingerprint density at radius 3 is 2.59 bits per heavy atom. The highest BCUT2D eigenvalue weighted by Gasteiger charge is 2.23. The molecule has 1 aromatic heterocycles. The molecule has 0 bridgehead atoms. The molecule has 1 atom stereocenters. The highest BCUT2D eigenvalue weighted by Crippen LogP contribution is 2.13. The molecule has 2 fully saturated rings. The average molecular weight is 521 g/mol. The van der Waals surface area contributed by atoms with Crippen molar-refractivity contribution in [3.63, 3.8) is 0 Å². The van der Waals surface area contributed by atoms with Gasteiger partial charge in [0, 0.05) is 59.3 Å². The van der Waals surface area contributed by atoms with Crippen LogP contribution in [0.4, 0.5) is 10.3 Å². The Morgan fingerprint density at radius 2 is 2.00 bits per heavy atom. The fraction of sp³-hybridized carbons (Fsp3) is 0.667. The molecular weight excluding hydrogens is 492 g/mol. The summed E-state index contributed by atoms with van der Waals surface area (Å²) in [5.74, 6) is 1.24. The maximum absolute atomic E-state index is 13.0. The number of aliphatic imine (C=N–C) groups is 1. The van der Waals surface area contributed by atoms with Crippen molar-refractivity contribution in [3.05, 3.63) is 18.2 Å². The van der Waals surface area contributed by atoms with Crippen LogP contribution in [0.5, 0.6) is 0 Å². The lowest BCUT2D eigenvalue weighted by Crippen LogP contribution is -2.53. The second-order valence-corrected chi connectivity index (χ2v) is 7.21. The quantitative estimate of drug-likeness (QED) is 0.342. The van der Waals surface area contributed by atoms with Crippen LogP contribution in [0.2, 0.25) is 0 Å². The number of rotatable bonds is 5. The smallest absolute Gasteiger partial charge is 0.243 e. The number of anilines is 1. The van der Waals surface area contributed by atoms with Gasteiger partial charge >= 0.3 is 0 Å². The van der Waals surface area contributed by atoms with Gasteiger partial charge in [-0.1, -0.05) is 0 Å². The summed E-state index contributed by atoms with van der Waals surface area (Å²) in [5.41, 5.74) is 0. The summed E-state index contributed by atoms with van der Waals surface area (Å²) in [4.78, 5) is 30.3. The number of piperazine rings is 1. The number of ether oxygens (including phenoxy) is 1. The van der Waals surface area contributed by atoms with Gasteiger partial charge in [-0.3, -0.25) is 4.79 Å². The van der Waals surface area contributed by atoms with Gasteiger partial charge in [0.15, 0.2) is 11.8 Å². The third-order valence-electron chi connectivity index (χ3n) is 4.90. The Balaban J connectivity index is 0.00000300. The fourth-order valence-corrected chi connectivity index (χ4v) is 3.12. The van der Waals surface area contributed by atoms with Gasteiger partial charge in [-0.2, -0.15) is 0 Å². The van der Waals surface area contributed by atoms with Crippen molar-refractivity contribution in [1.29, 1.82) is 0 Å². The number of nitrogens with zero attached hydrogens (tertiary/aromatic N) is 6. The van der Waals surface area contributed by atoms with E-state index in [0.29, 0.717) is 38.0 Å². The molecule has 0 radical (unpaired) electrons. The summed E-state index contributed by atoms with van der Waals surface area (Å²) in [7, 11) is 3.45. The van der Waals surface area contributed by atoms with Crippen molar-refractivity contribution in [1.82, 2.24) is 25.1 Å². The Labute approximate surface area is 187 Å². The monoisotopic (exact) mass is 521 g/mol. The maximum Gasteiger partial charge on any atom is 0.243 e. The number of halogens is 2. The van der Waals surface area contributed by atoms with Crippen LogP contribution in [-0.2, 0) is 9.53 Å². The van der Waals surface area contributed by atoms with Crippen LogP contribution in [0, 0.1) is 11.7 Å². The van der Waals surface area contributed by atoms with Crippen LogP contribution < -0.4 is 10.2 Å². The number of hydrogen-bond acceptors (Lipinski definition) is 6. The van der Waals surface area contributed by atoms with Gasteiger partial charge in [-0.05, 0) is 6.42 Å². The van der Waals surface area contributed by atoms with Crippen molar-refractivity contribution >= 4 is 41.8 Å². The van der Waals surface area contributed by atoms with E-state index in [-0.39, 0.29) is 36.4 Å². The summed E-state index contributed by atoms with van der Waals surface area (Å²) in [6.07, 6.45) is 3.39. The summed E-state index contributed by atoms with van der Waals surface area (Å²) >= 11 is 0. The minimum absolute atomic E-state index is 0. The third-order valence-corrected chi connectivity index (χ3v) is 4.90. The van der Waals surface area contributed by atoms with Gasteiger partial charge in [-0.15, -0.1) is 24.0 Å². The molecule has 1 amide bonds. The second kappa shape index (κ2) is 11.4. The number of hydrogen-bond donors (Lipinski definition) is 1. The average Bonchev–Trinajstić information content (AvgIpc) is 3.22. The highest BCUT2D eigenvalue weighted by molar-refractivity contribution is 14.0. The number of likely N-dealkylation sites (N-methyl/N-ethyl adjacent to an activating group) is 1. The molecule has 9 nitrogen and oxygen atoms in total. The first kappa shape index (κ1) is 23.5. The Hall–Kier alpha value is -1.76. The first-order chi connectivity index (χ1) is 13.5. The van der Waals surface area contributed by atoms with Crippen LogP contribution in [0.15, 0.2) is 17.4 Å². The SMILES string of the molecule is CN(C)C(=O)CN=C(NCC1CCOC1)N1CCN(c2ncc(F)cn2)CC1.I. The van der Waals surface area contributed by atoms with E-state index in [1.54, 1.807) is 14.1 Å². The summed E-state index contributed by atoms with van der Waals surface area (Å²) in [6.45, 7) is 5.25. The molecule has 0 aromatic carbocycles. The van der Waals surface area contributed by atoms with E-state index < -0.39 is 5.82 Å². The number of amides is 1. The summed E-state index contributed by atoms with van der Waals surface area (Å²) in [6, 6.07) is 0. The minimum atomic E-state index is -0.442. The van der Waals surface area contributed by atoms with Crippen LogP contribution >= 0.6 is 24.0 Å². The van der Waals surface area contributed by atoms with Crippen molar-refractivity contribution < 1.29 is 13.9 Å². The summed E-state index contributed by atoms with van der Waals surface area (Å²) < 4.78 is 18.5. The van der Waals surface area contributed by atoms with Gasteiger partial charge in [0.2, 0.25) is 11.9 Å². The number of carbonyl (C=O) groups is 1. The molecule has 0 spiro atoms. The molecule has 29 heavy (non-hydrogen) atoms. The van der Waals surface area contributed by atoms with E-state index in [9.17, 15) is 9.18 Å². The molecule has 2 saturated heterocycles. The van der Waals surface area contributed by atoms with Gasteiger partial charge in [0.25, 0.3) is 0 Å². The number of guanidine groups is 1. The zero-order valence-electron chi connectivity index (χ0n) is 16.9. The van der Waals surface area contributed by atoms with Crippen LogP contribution in [0.1, 0.15) is 6.42 Å². The Bertz CT molecular complexity index is 675. The first-order valence-electron chi connectivity index (χ1n) is 9.56. The standard InChI is InChI=1S/C18H28FN7O2.HI/c1-24(2)16(27)12-23-17(20-9-14-3-8-28-13-14)25-4-6-26(7-5-25)18-21-10-15(19)11-22-18;/h10-11,14H,3-9,12-13H2,1-2H3,(H,20,23);1H. The van der Waals surface area contributed by atoms with E-state index in [1.807, 2.05) is 4.90 Å². The molecule has 2 aliphatic rings. The normalized spacial score (nSPS) is 19.7. The van der Waals surface area contributed by atoms with E-state index >= 15 is 0 Å². The lowest BCUT2D eigenvalue weighted by atomic mass is 10.1. The van der Waals surface area contributed by atoms with E-state index in [0.717, 1.165) is 32.1 Å². The molecule has 0 saturated carbocycles.